The molecule has 1 aromatic heterocycles. The molecule has 0 radical (unpaired) electrons. The van der Waals surface area contributed by atoms with Gasteiger partial charge in [0.15, 0.2) is 0 Å². The Balaban J connectivity index is 1.81. The maximum absolute atomic E-state index is 12.6. The van der Waals surface area contributed by atoms with Gasteiger partial charge in [0.2, 0.25) is 0 Å². The number of para-hydroxylation sites is 1. The van der Waals surface area contributed by atoms with E-state index in [1.165, 1.54) is 0 Å². The Morgan fingerprint density at radius 2 is 2.19 bits per heavy atom. The molecule has 1 aliphatic rings. The van der Waals surface area contributed by atoms with Gasteiger partial charge >= 0.3 is 0 Å². The van der Waals surface area contributed by atoms with Gasteiger partial charge in [-0.05, 0) is 37.0 Å². The fourth-order valence-corrected chi connectivity index (χ4v) is 2.46. The van der Waals surface area contributed by atoms with Gasteiger partial charge in [-0.25, -0.2) is 4.68 Å². The molecule has 3 rings (SSSR count). The number of hydrogen-bond donors (Lipinski definition) is 1. The van der Waals surface area contributed by atoms with Gasteiger partial charge in [0.25, 0.3) is 5.91 Å². The molecule has 0 saturated heterocycles. The minimum Gasteiger partial charge on any atom is -0.391 e. The van der Waals surface area contributed by atoms with E-state index in [-0.39, 0.29) is 5.91 Å². The molecule has 1 fully saturated rings. The van der Waals surface area contributed by atoms with Crippen LogP contribution in [0.1, 0.15) is 23.2 Å². The number of benzene rings is 1. The summed E-state index contributed by atoms with van der Waals surface area (Å²) in [5, 5.41) is 14.2. The van der Waals surface area contributed by atoms with Crippen molar-refractivity contribution in [1.82, 2.24) is 14.7 Å². The third-order valence-corrected chi connectivity index (χ3v) is 3.86. The third kappa shape index (κ3) is 2.97. The molecule has 2 aromatic rings. The van der Waals surface area contributed by atoms with Crippen molar-refractivity contribution in [1.29, 1.82) is 0 Å². The molecular weight excluding hydrogens is 266 g/mol. The average Bonchev–Trinajstić information content (AvgIpc) is 3.22. The summed E-state index contributed by atoms with van der Waals surface area (Å²) in [6, 6.07) is 9.20. The number of nitrogens with zero attached hydrogens (tertiary/aromatic N) is 3. The minimum atomic E-state index is -0.421. The van der Waals surface area contributed by atoms with E-state index in [0.29, 0.717) is 18.0 Å². The minimum absolute atomic E-state index is 0.0965. The topological polar surface area (TPSA) is 58.4 Å². The van der Waals surface area contributed by atoms with Crippen molar-refractivity contribution in [3.8, 4) is 5.69 Å². The van der Waals surface area contributed by atoms with Gasteiger partial charge in [0.05, 0.1) is 17.4 Å². The number of rotatable bonds is 5. The molecule has 1 aliphatic carbocycles. The van der Waals surface area contributed by atoms with Crippen LogP contribution in [0.3, 0.4) is 0 Å². The number of carbonyl (C=O) groups excluding carboxylic acids is 1. The van der Waals surface area contributed by atoms with E-state index in [4.69, 9.17) is 0 Å². The number of aliphatic hydroxyl groups excluding tert-OH is 1. The number of carbonyl (C=O) groups is 1. The zero-order valence-electron chi connectivity index (χ0n) is 12.0. The van der Waals surface area contributed by atoms with Gasteiger partial charge in [0, 0.05) is 26.0 Å². The Morgan fingerprint density at radius 3 is 2.86 bits per heavy atom. The molecule has 0 bridgehead atoms. The van der Waals surface area contributed by atoms with Crippen molar-refractivity contribution in [2.75, 3.05) is 13.6 Å². The summed E-state index contributed by atoms with van der Waals surface area (Å²) in [5.41, 5.74) is 1.34. The molecule has 1 atom stereocenters. The van der Waals surface area contributed by atoms with Crippen molar-refractivity contribution in [3.05, 3.63) is 48.3 Å². The number of hydrogen-bond acceptors (Lipinski definition) is 3. The molecule has 21 heavy (non-hydrogen) atoms. The maximum Gasteiger partial charge on any atom is 0.255 e. The molecule has 1 unspecified atom stereocenters. The summed E-state index contributed by atoms with van der Waals surface area (Å²) in [6.07, 6.45) is 5.20. The standard InChI is InChI=1S/C16H19N3O2/c1-18(11-15(20)12-7-8-12)16(21)13-5-2-3-6-14(13)19-10-4-9-17-19/h2-6,9-10,12,15,20H,7-8,11H2,1H3. The van der Waals surface area contributed by atoms with Gasteiger partial charge in [0.1, 0.15) is 0 Å². The predicted octanol–water partition coefficient (Wildman–Crippen LogP) is 1.72. The lowest BCUT2D eigenvalue weighted by Gasteiger charge is -2.22. The van der Waals surface area contributed by atoms with Crippen molar-refractivity contribution in [2.24, 2.45) is 5.92 Å². The highest BCUT2D eigenvalue weighted by Gasteiger charge is 2.31. The Morgan fingerprint density at radius 1 is 1.43 bits per heavy atom. The number of aromatic nitrogens is 2. The van der Waals surface area contributed by atoms with Gasteiger partial charge in [-0.3, -0.25) is 4.79 Å². The molecule has 110 valence electrons. The normalized spacial score (nSPS) is 15.7. The summed E-state index contributed by atoms with van der Waals surface area (Å²) in [4.78, 5) is 14.2. The van der Waals surface area contributed by atoms with Gasteiger partial charge in [-0.15, -0.1) is 0 Å². The van der Waals surface area contributed by atoms with E-state index >= 15 is 0 Å². The molecule has 1 aromatic carbocycles. The Bertz CT molecular complexity index is 620. The fourth-order valence-electron chi connectivity index (χ4n) is 2.46. The van der Waals surface area contributed by atoms with Crippen LogP contribution >= 0.6 is 0 Å². The first-order valence-electron chi connectivity index (χ1n) is 7.19. The van der Waals surface area contributed by atoms with Crippen molar-refractivity contribution in [2.45, 2.75) is 18.9 Å². The smallest absolute Gasteiger partial charge is 0.255 e. The largest absolute Gasteiger partial charge is 0.391 e. The summed E-state index contributed by atoms with van der Waals surface area (Å²) in [5.74, 6) is 0.266. The van der Waals surface area contributed by atoms with Crippen LogP contribution in [-0.4, -0.2) is 45.4 Å². The van der Waals surface area contributed by atoms with Crippen molar-refractivity contribution < 1.29 is 9.90 Å². The molecule has 1 saturated carbocycles. The van der Waals surface area contributed by atoms with E-state index in [1.807, 2.05) is 30.5 Å². The second-order valence-electron chi connectivity index (χ2n) is 5.56. The molecule has 0 spiro atoms. The fraction of sp³-hybridized carbons (Fsp3) is 0.375. The molecule has 1 N–H and O–H groups in total. The van der Waals surface area contributed by atoms with Gasteiger partial charge < -0.3 is 10.0 Å². The highest BCUT2D eigenvalue weighted by molar-refractivity contribution is 5.97. The third-order valence-electron chi connectivity index (χ3n) is 3.86. The van der Waals surface area contributed by atoms with Crippen molar-refractivity contribution >= 4 is 5.91 Å². The summed E-state index contributed by atoms with van der Waals surface area (Å²) in [6.45, 7) is 0.372. The van der Waals surface area contributed by atoms with Crippen LogP contribution in [0.15, 0.2) is 42.7 Å². The molecule has 1 heterocycles. The number of aliphatic hydroxyl groups is 1. The van der Waals surface area contributed by atoms with Crippen LogP contribution in [-0.2, 0) is 0 Å². The zero-order chi connectivity index (χ0) is 14.8. The van der Waals surface area contributed by atoms with Gasteiger partial charge in [-0.1, -0.05) is 12.1 Å². The van der Waals surface area contributed by atoms with Crippen LogP contribution < -0.4 is 0 Å². The highest BCUT2D eigenvalue weighted by atomic mass is 16.3. The van der Waals surface area contributed by atoms with Crippen LogP contribution in [0.4, 0.5) is 0 Å². The van der Waals surface area contributed by atoms with Crippen LogP contribution in [0.5, 0.6) is 0 Å². The molecule has 5 nitrogen and oxygen atoms in total. The molecule has 1 amide bonds. The number of likely N-dealkylation sites (N-methyl/N-ethyl adjacent to an activating group) is 1. The van der Waals surface area contributed by atoms with Crippen LogP contribution in [0, 0.1) is 5.92 Å². The summed E-state index contributed by atoms with van der Waals surface area (Å²) >= 11 is 0. The zero-order valence-corrected chi connectivity index (χ0v) is 12.0. The van der Waals surface area contributed by atoms with Crippen molar-refractivity contribution in [3.63, 3.8) is 0 Å². The first-order valence-corrected chi connectivity index (χ1v) is 7.19. The summed E-state index contributed by atoms with van der Waals surface area (Å²) < 4.78 is 1.68. The Hall–Kier alpha value is -2.14. The second kappa shape index (κ2) is 5.69. The van der Waals surface area contributed by atoms with Crippen LogP contribution in [0.25, 0.3) is 5.69 Å². The average molecular weight is 285 g/mol. The van der Waals surface area contributed by atoms with Crippen LogP contribution in [0.2, 0.25) is 0 Å². The quantitative estimate of drug-likeness (QED) is 0.910. The van der Waals surface area contributed by atoms with E-state index < -0.39 is 6.10 Å². The first-order chi connectivity index (χ1) is 10.2. The SMILES string of the molecule is CN(CC(O)C1CC1)C(=O)c1ccccc1-n1cccn1. The lowest BCUT2D eigenvalue weighted by Crippen LogP contribution is -2.35. The molecular formula is C16H19N3O2. The summed E-state index contributed by atoms with van der Waals surface area (Å²) in [7, 11) is 1.73. The van der Waals surface area contributed by atoms with E-state index in [0.717, 1.165) is 18.5 Å². The second-order valence-corrected chi connectivity index (χ2v) is 5.56. The Labute approximate surface area is 123 Å². The maximum atomic E-state index is 12.6. The highest BCUT2D eigenvalue weighted by Crippen LogP contribution is 2.32. The van der Waals surface area contributed by atoms with E-state index in [9.17, 15) is 9.90 Å². The first kappa shape index (κ1) is 13.8. The van der Waals surface area contributed by atoms with E-state index in [1.54, 1.807) is 28.9 Å². The molecule has 5 heteroatoms. The number of amides is 1. The molecule has 0 aliphatic heterocycles. The Kier molecular flexibility index (Phi) is 3.75. The monoisotopic (exact) mass is 285 g/mol. The van der Waals surface area contributed by atoms with E-state index in [2.05, 4.69) is 5.10 Å². The lowest BCUT2D eigenvalue weighted by molar-refractivity contribution is 0.0645. The van der Waals surface area contributed by atoms with Gasteiger partial charge in [-0.2, -0.15) is 5.10 Å². The predicted molar refractivity (Wildman–Crippen MR) is 79.3 cm³/mol. The lowest BCUT2D eigenvalue weighted by atomic mass is 10.1.